The number of para-hydroxylation sites is 1. The molecule has 2 amide bonds. The molecular formula is C23H23N3O2. The minimum Gasteiger partial charge on any atom is -0.329 e. The van der Waals surface area contributed by atoms with Gasteiger partial charge in [-0.25, -0.2) is 0 Å². The average Bonchev–Trinajstić information content (AvgIpc) is 2.73. The van der Waals surface area contributed by atoms with Crippen molar-refractivity contribution < 1.29 is 9.59 Å². The predicted molar refractivity (Wildman–Crippen MR) is 109 cm³/mol. The number of rotatable bonds is 7. The standard InChI is InChI=1S/C23H23N3O2/c1-19(27)25(16-21-12-14-24-15-13-21)18-23(28)26(22-10-6-3-7-11-22)17-20-8-4-2-5-9-20/h2-15H,16-18H2,1H3. The van der Waals surface area contributed by atoms with E-state index in [1.165, 1.54) is 6.92 Å². The summed E-state index contributed by atoms with van der Waals surface area (Å²) in [6.07, 6.45) is 3.36. The van der Waals surface area contributed by atoms with Crippen molar-refractivity contribution >= 4 is 17.5 Å². The van der Waals surface area contributed by atoms with Gasteiger partial charge in [-0.2, -0.15) is 0 Å². The molecule has 0 aliphatic heterocycles. The van der Waals surface area contributed by atoms with Crippen molar-refractivity contribution in [1.29, 1.82) is 0 Å². The lowest BCUT2D eigenvalue weighted by Gasteiger charge is -2.27. The normalized spacial score (nSPS) is 10.3. The van der Waals surface area contributed by atoms with Gasteiger partial charge in [-0.05, 0) is 35.4 Å². The molecule has 28 heavy (non-hydrogen) atoms. The molecule has 1 heterocycles. The second-order valence-corrected chi connectivity index (χ2v) is 6.53. The van der Waals surface area contributed by atoms with Crippen LogP contribution in [0.4, 0.5) is 5.69 Å². The summed E-state index contributed by atoms with van der Waals surface area (Å²) in [5.41, 5.74) is 2.78. The van der Waals surface area contributed by atoms with E-state index in [1.807, 2.05) is 72.8 Å². The van der Waals surface area contributed by atoms with Gasteiger partial charge >= 0.3 is 0 Å². The van der Waals surface area contributed by atoms with E-state index < -0.39 is 0 Å². The first-order chi connectivity index (χ1) is 13.6. The van der Waals surface area contributed by atoms with Crippen LogP contribution >= 0.6 is 0 Å². The van der Waals surface area contributed by atoms with Gasteiger partial charge in [0.2, 0.25) is 11.8 Å². The van der Waals surface area contributed by atoms with E-state index in [0.29, 0.717) is 13.1 Å². The molecule has 0 bridgehead atoms. The van der Waals surface area contributed by atoms with Gasteiger partial charge in [-0.1, -0.05) is 48.5 Å². The molecule has 0 radical (unpaired) electrons. The fraction of sp³-hybridized carbons (Fsp3) is 0.174. The molecule has 0 saturated heterocycles. The molecule has 0 fully saturated rings. The van der Waals surface area contributed by atoms with Crippen LogP contribution in [0.5, 0.6) is 0 Å². The summed E-state index contributed by atoms with van der Waals surface area (Å²) in [6, 6.07) is 23.1. The lowest BCUT2D eigenvalue weighted by molar-refractivity contribution is -0.134. The number of aromatic nitrogens is 1. The van der Waals surface area contributed by atoms with E-state index in [1.54, 1.807) is 22.2 Å². The number of nitrogens with zero attached hydrogens (tertiary/aromatic N) is 3. The van der Waals surface area contributed by atoms with Gasteiger partial charge in [-0.15, -0.1) is 0 Å². The number of hydrogen-bond donors (Lipinski definition) is 0. The summed E-state index contributed by atoms with van der Waals surface area (Å²) in [7, 11) is 0. The molecule has 5 nitrogen and oxygen atoms in total. The van der Waals surface area contributed by atoms with Crippen LogP contribution in [-0.4, -0.2) is 28.2 Å². The van der Waals surface area contributed by atoms with Crippen molar-refractivity contribution in [1.82, 2.24) is 9.88 Å². The van der Waals surface area contributed by atoms with Crippen LogP contribution < -0.4 is 4.90 Å². The second-order valence-electron chi connectivity index (χ2n) is 6.53. The molecule has 0 N–H and O–H groups in total. The summed E-state index contributed by atoms with van der Waals surface area (Å²) in [4.78, 5) is 32.6. The van der Waals surface area contributed by atoms with Crippen molar-refractivity contribution in [3.05, 3.63) is 96.3 Å². The number of amides is 2. The third kappa shape index (κ3) is 5.27. The van der Waals surface area contributed by atoms with Crippen LogP contribution in [0.3, 0.4) is 0 Å². The second kappa shape index (κ2) is 9.46. The topological polar surface area (TPSA) is 53.5 Å². The van der Waals surface area contributed by atoms with Crippen molar-refractivity contribution in [3.63, 3.8) is 0 Å². The van der Waals surface area contributed by atoms with Gasteiger partial charge in [0.15, 0.2) is 0 Å². The van der Waals surface area contributed by atoms with Gasteiger partial charge in [0.05, 0.1) is 6.54 Å². The lowest BCUT2D eigenvalue weighted by atomic mass is 10.2. The van der Waals surface area contributed by atoms with Crippen LogP contribution in [0.25, 0.3) is 0 Å². The van der Waals surface area contributed by atoms with Gasteiger partial charge in [0.25, 0.3) is 0 Å². The number of carbonyl (C=O) groups is 2. The Kier molecular flexibility index (Phi) is 6.52. The fourth-order valence-corrected chi connectivity index (χ4v) is 2.93. The Hall–Kier alpha value is -3.47. The Morgan fingerprint density at radius 3 is 1.96 bits per heavy atom. The Labute approximate surface area is 165 Å². The minimum absolute atomic E-state index is 0.0133. The fourth-order valence-electron chi connectivity index (χ4n) is 2.93. The highest BCUT2D eigenvalue weighted by atomic mass is 16.2. The molecule has 3 aromatic rings. The van der Waals surface area contributed by atoms with Crippen molar-refractivity contribution in [3.8, 4) is 0 Å². The SMILES string of the molecule is CC(=O)N(CC(=O)N(Cc1ccccc1)c1ccccc1)Cc1ccncc1. The maximum Gasteiger partial charge on any atom is 0.246 e. The quantitative estimate of drug-likeness (QED) is 0.635. The first kappa shape index (κ1) is 19.3. The Morgan fingerprint density at radius 1 is 0.786 bits per heavy atom. The van der Waals surface area contributed by atoms with Crippen molar-refractivity contribution in [2.75, 3.05) is 11.4 Å². The summed E-state index contributed by atoms with van der Waals surface area (Å²) in [5.74, 6) is -0.266. The van der Waals surface area contributed by atoms with E-state index in [-0.39, 0.29) is 18.4 Å². The third-order valence-electron chi connectivity index (χ3n) is 4.45. The molecule has 0 saturated carbocycles. The molecule has 0 aliphatic rings. The van der Waals surface area contributed by atoms with Crippen LogP contribution in [0, 0.1) is 0 Å². The van der Waals surface area contributed by atoms with Crippen LogP contribution in [0.15, 0.2) is 85.2 Å². The summed E-state index contributed by atoms with van der Waals surface area (Å²) in [6.45, 7) is 2.32. The van der Waals surface area contributed by atoms with Crippen LogP contribution in [0.2, 0.25) is 0 Å². The average molecular weight is 373 g/mol. The van der Waals surface area contributed by atoms with Crippen molar-refractivity contribution in [2.24, 2.45) is 0 Å². The molecule has 1 aromatic heterocycles. The van der Waals surface area contributed by atoms with Gasteiger partial charge in [-0.3, -0.25) is 14.6 Å². The molecule has 0 atom stereocenters. The minimum atomic E-state index is -0.141. The van der Waals surface area contributed by atoms with E-state index in [0.717, 1.165) is 16.8 Å². The zero-order valence-corrected chi connectivity index (χ0v) is 15.9. The Bertz CT molecular complexity index is 899. The molecule has 0 unspecified atom stereocenters. The highest BCUT2D eigenvalue weighted by Gasteiger charge is 2.21. The number of pyridine rings is 1. The molecule has 142 valence electrons. The highest BCUT2D eigenvalue weighted by molar-refractivity contribution is 5.96. The summed E-state index contributed by atoms with van der Waals surface area (Å²) >= 11 is 0. The first-order valence-corrected chi connectivity index (χ1v) is 9.17. The maximum atomic E-state index is 13.2. The number of benzene rings is 2. The van der Waals surface area contributed by atoms with E-state index in [4.69, 9.17) is 0 Å². The smallest absolute Gasteiger partial charge is 0.246 e. The van der Waals surface area contributed by atoms with E-state index in [2.05, 4.69) is 4.98 Å². The molecule has 2 aromatic carbocycles. The van der Waals surface area contributed by atoms with Gasteiger partial charge in [0, 0.05) is 31.5 Å². The molecule has 3 rings (SSSR count). The summed E-state index contributed by atoms with van der Waals surface area (Å²) in [5, 5.41) is 0. The zero-order valence-electron chi connectivity index (χ0n) is 15.9. The van der Waals surface area contributed by atoms with E-state index >= 15 is 0 Å². The molecular weight excluding hydrogens is 350 g/mol. The lowest BCUT2D eigenvalue weighted by Crippen LogP contribution is -2.41. The zero-order chi connectivity index (χ0) is 19.8. The molecule has 0 aliphatic carbocycles. The number of hydrogen-bond acceptors (Lipinski definition) is 3. The van der Waals surface area contributed by atoms with Crippen LogP contribution in [0.1, 0.15) is 18.1 Å². The Balaban J connectivity index is 1.80. The largest absolute Gasteiger partial charge is 0.329 e. The number of anilines is 1. The van der Waals surface area contributed by atoms with E-state index in [9.17, 15) is 9.59 Å². The van der Waals surface area contributed by atoms with Gasteiger partial charge < -0.3 is 9.80 Å². The first-order valence-electron chi connectivity index (χ1n) is 9.17. The number of carbonyl (C=O) groups excluding carboxylic acids is 2. The maximum absolute atomic E-state index is 13.2. The monoisotopic (exact) mass is 373 g/mol. The highest BCUT2D eigenvalue weighted by Crippen LogP contribution is 2.18. The molecule has 5 heteroatoms. The molecule has 0 spiro atoms. The van der Waals surface area contributed by atoms with Crippen LogP contribution in [-0.2, 0) is 22.7 Å². The Morgan fingerprint density at radius 2 is 1.36 bits per heavy atom. The van der Waals surface area contributed by atoms with Crippen molar-refractivity contribution in [2.45, 2.75) is 20.0 Å². The summed E-state index contributed by atoms with van der Waals surface area (Å²) < 4.78 is 0. The third-order valence-corrected chi connectivity index (χ3v) is 4.45. The van der Waals surface area contributed by atoms with Gasteiger partial charge in [0.1, 0.15) is 6.54 Å². The predicted octanol–water partition coefficient (Wildman–Crippen LogP) is 3.66.